The number of nitrogen functional groups attached to an aromatic ring is 1. The minimum atomic E-state index is -3.51. The van der Waals surface area contributed by atoms with Crippen molar-refractivity contribution in [2.24, 2.45) is 5.92 Å². The van der Waals surface area contributed by atoms with Crippen LogP contribution in [0.4, 0.5) is 5.69 Å². The lowest BCUT2D eigenvalue weighted by Crippen LogP contribution is -2.49. The second kappa shape index (κ2) is 5.89. The quantitative estimate of drug-likeness (QED) is 0.809. The number of benzene rings is 1. The number of fused-ring (bicyclic) bond motifs is 1. The molecule has 2 fully saturated rings. The average Bonchev–Trinajstić information content (AvgIpc) is 2.49. The smallest absolute Gasteiger partial charge is 0.245 e. The highest BCUT2D eigenvalue weighted by Gasteiger charge is 2.40. The lowest BCUT2D eigenvalue weighted by atomic mass is 9.79. The Morgan fingerprint density at radius 3 is 2.67 bits per heavy atom. The van der Waals surface area contributed by atoms with Crippen LogP contribution in [0.25, 0.3) is 0 Å². The van der Waals surface area contributed by atoms with Crippen LogP contribution in [0, 0.1) is 5.92 Å². The molecule has 1 heterocycles. The second-order valence-electron chi connectivity index (χ2n) is 6.05. The van der Waals surface area contributed by atoms with Gasteiger partial charge >= 0.3 is 0 Å². The van der Waals surface area contributed by atoms with Gasteiger partial charge in [0.05, 0.1) is 5.69 Å². The Labute approximate surface area is 134 Å². The predicted molar refractivity (Wildman–Crippen MR) is 87.4 cm³/mol. The highest BCUT2D eigenvalue weighted by atomic mass is 79.9. The molecule has 0 aromatic heterocycles. The molecular weight excluding hydrogens is 352 g/mol. The standard InChI is InChI=1S/C15H21BrN2O2S/c16-12-7-8-13(17)15(10-12)21(19,20)18-9-3-5-11-4-1-2-6-14(11)18/h7-8,10-11,14H,1-6,9,17H2. The molecule has 116 valence electrons. The van der Waals surface area contributed by atoms with Gasteiger partial charge in [-0.2, -0.15) is 4.31 Å². The van der Waals surface area contributed by atoms with Gasteiger partial charge in [0.2, 0.25) is 10.0 Å². The number of nitrogens with two attached hydrogens (primary N) is 1. The Kier molecular flexibility index (Phi) is 4.30. The van der Waals surface area contributed by atoms with Crippen molar-refractivity contribution >= 4 is 31.6 Å². The van der Waals surface area contributed by atoms with E-state index < -0.39 is 10.0 Å². The van der Waals surface area contributed by atoms with Crippen molar-refractivity contribution < 1.29 is 8.42 Å². The first-order chi connectivity index (χ1) is 10.00. The minimum Gasteiger partial charge on any atom is -0.398 e. The first-order valence-electron chi connectivity index (χ1n) is 7.57. The van der Waals surface area contributed by atoms with Gasteiger partial charge in [0.25, 0.3) is 0 Å². The largest absolute Gasteiger partial charge is 0.398 e. The summed E-state index contributed by atoms with van der Waals surface area (Å²) in [6.45, 7) is 0.620. The Bertz CT molecular complexity index is 631. The molecule has 6 heteroatoms. The van der Waals surface area contributed by atoms with E-state index in [4.69, 9.17) is 5.73 Å². The summed E-state index contributed by atoms with van der Waals surface area (Å²) in [6, 6.07) is 5.21. The highest BCUT2D eigenvalue weighted by molar-refractivity contribution is 9.10. The van der Waals surface area contributed by atoms with Crippen molar-refractivity contribution in [3.63, 3.8) is 0 Å². The molecule has 1 aromatic carbocycles. The molecule has 1 aliphatic carbocycles. The first-order valence-corrected chi connectivity index (χ1v) is 9.80. The Morgan fingerprint density at radius 2 is 1.86 bits per heavy atom. The molecule has 2 atom stereocenters. The second-order valence-corrected chi connectivity index (χ2v) is 8.83. The zero-order valence-electron chi connectivity index (χ0n) is 12.0. The maximum atomic E-state index is 13.0. The van der Waals surface area contributed by atoms with Crippen molar-refractivity contribution in [1.29, 1.82) is 0 Å². The van der Waals surface area contributed by atoms with Gasteiger partial charge in [-0.25, -0.2) is 8.42 Å². The van der Waals surface area contributed by atoms with E-state index >= 15 is 0 Å². The summed E-state index contributed by atoms with van der Waals surface area (Å²) in [5.74, 6) is 0.524. The number of halogens is 1. The van der Waals surface area contributed by atoms with Gasteiger partial charge in [0, 0.05) is 17.1 Å². The third-order valence-corrected chi connectivity index (χ3v) is 7.23. The molecule has 1 saturated carbocycles. The Morgan fingerprint density at radius 1 is 1.14 bits per heavy atom. The monoisotopic (exact) mass is 372 g/mol. The van der Waals surface area contributed by atoms with Crippen LogP contribution >= 0.6 is 15.9 Å². The molecule has 1 saturated heterocycles. The van der Waals surface area contributed by atoms with Crippen LogP contribution in [-0.4, -0.2) is 25.3 Å². The lowest BCUT2D eigenvalue weighted by molar-refractivity contribution is 0.129. The molecule has 21 heavy (non-hydrogen) atoms. The normalized spacial score (nSPS) is 27.3. The summed E-state index contributed by atoms with van der Waals surface area (Å²) >= 11 is 3.34. The zero-order valence-corrected chi connectivity index (χ0v) is 14.4. The van der Waals surface area contributed by atoms with E-state index in [2.05, 4.69) is 15.9 Å². The van der Waals surface area contributed by atoms with E-state index in [0.29, 0.717) is 18.2 Å². The van der Waals surface area contributed by atoms with Crippen molar-refractivity contribution in [1.82, 2.24) is 4.31 Å². The number of sulfonamides is 1. The summed E-state index contributed by atoms with van der Waals surface area (Å²) in [5, 5.41) is 0. The number of hydrogen-bond acceptors (Lipinski definition) is 3. The van der Waals surface area contributed by atoms with Gasteiger partial charge in [0.15, 0.2) is 0 Å². The molecule has 2 unspecified atom stereocenters. The molecule has 0 bridgehead atoms. The van der Waals surface area contributed by atoms with Crippen LogP contribution in [0.15, 0.2) is 27.6 Å². The van der Waals surface area contributed by atoms with Crippen molar-refractivity contribution in [3.05, 3.63) is 22.7 Å². The van der Waals surface area contributed by atoms with Crippen molar-refractivity contribution in [3.8, 4) is 0 Å². The molecule has 2 N–H and O–H groups in total. The molecule has 1 aromatic rings. The maximum absolute atomic E-state index is 13.0. The van der Waals surface area contributed by atoms with E-state index in [1.54, 1.807) is 22.5 Å². The van der Waals surface area contributed by atoms with Crippen molar-refractivity contribution in [2.45, 2.75) is 49.5 Å². The van der Waals surface area contributed by atoms with Crippen LogP contribution in [0.3, 0.4) is 0 Å². The van der Waals surface area contributed by atoms with Gasteiger partial charge in [-0.05, 0) is 49.8 Å². The fraction of sp³-hybridized carbons (Fsp3) is 0.600. The number of piperidine rings is 1. The molecule has 0 amide bonds. The fourth-order valence-corrected chi connectivity index (χ4v) is 6.15. The van der Waals surface area contributed by atoms with Gasteiger partial charge in [-0.15, -0.1) is 0 Å². The molecule has 0 spiro atoms. The average molecular weight is 373 g/mol. The number of anilines is 1. The minimum absolute atomic E-state index is 0.163. The molecule has 4 nitrogen and oxygen atoms in total. The highest BCUT2D eigenvalue weighted by Crippen LogP contribution is 2.39. The third-order valence-electron chi connectivity index (χ3n) is 4.75. The fourth-order valence-electron chi connectivity index (χ4n) is 3.74. The summed E-state index contributed by atoms with van der Waals surface area (Å²) in [5.41, 5.74) is 6.25. The summed E-state index contributed by atoms with van der Waals surface area (Å²) in [6.07, 6.45) is 6.61. The number of rotatable bonds is 2. The van der Waals surface area contributed by atoms with Gasteiger partial charge in [-0.1, -0.05) is 28.8 Å². The SMILES string of the molecule is Nc1ccc(Br)cc1S(=O)(=O)N1CCCC2CCCCC21. The number of hydrogen-bond donors (Lipinski definition) is 1. The topological polar surface area (TPSA) is 63.4 Å². The molecule has 3 rings (SSSR count). The Hall–Kier alpha value is -0.590. The van der Waals surface area contributed by atoms with Gasteiger partial charge in [0.1, 0.15) is 4.90 Å². The van der Waals surface area contributed by atoms with Crippen LogP contribution < -0.4 is 5.73 Å². The maximum Gasteiger partial charge on any atom is 0.245 e. The van der Waals surface area contributed by atoms with E-state index in [1.165, 1.54) is 6.42 Å². The van der Waals surface area contributed by atoms with Crippen molar-refractivity contribution in [2.75, 3.05) is 12.3 Å². The van der Waals surface area contributed by atoms with Gasteiger partial charge < -0.3 is 5.73 Å². The van der Waals surface area contributed by atoms with E-state index in [1.807, 2.05) is 0 Å². The van der Waals surface area contributed by atoms with Crippen LogP contribution in [-0.2, 0) is 10.0 Å². The van der Waals surface area contributed by atoms with E-state index in [9.17, 15) is 8.42 Å². The summed E-state index contributed by atoms with van der Waals surface area (Å²) in [4.78, 5) is 0.239. The lowest BCUT2D eigenvalue weighted by Gasteiger charge is -2.43. The molecule has 0 radical (unpaired) electrons. The molecular formula is C15H21BrN2O2S. The summed E-state index contributed by atoms with van der Waals surface area (Å²) < 4.78 is 28.5. The van der Waals surface area contributed by atoms with Crippen LogP contribution in [0.1, 0.15) is 38.5 Å². The predicted octanol–water partition coefficient (Wildman–Crippen LogP) is 3.37. The third kappa shape index (κ3) is 2.85. The van der Waals surface area contributed by atoms with E-state index in [-0.39, 0.29) is 10.9 Å². The summed E-state index contributed by atoms with van der Waals surface area (Å²) in [7, 11) is -3.51. The molecule has 1 aliphatic heterocycles. The van der Waals surface area contributed by atoms with Crippen LogP contribution in [0.5, 0.6) is 0 Å². The van der Waals surface area contributed by atoms with Crippen LogP contribution in [0.2, 0.25) is 0 Å². The van der Waals surface area contributed by atoms with Gasteiger partial charge in [-0.3, -0.25) is 0 Å². The number of nitrogens with zero attached hydrogens (tertiary/aromatic N) is 1. The Balaban J connectivity index is 1.98. The zero-order chi connectivity index (χ0) is 15.0. The van der Waals surface area contributed by atoms with E-state index in [0.717, 1.165) is 36.6 Å². The first kappa shape index (κ1) is 15.3. The molecule has 2 aliphatic rings.